The lowest BCUT2D eigenvalue weighted by Gasteiger charge is -2.31. The van der Waals surface area contributed by atoms with Gasteiger partial charge in [-0.3, -0.25) is 0 Å². The second-order valence-corrected chi connectivity index (χ2v) is 7.06. The van der Waals surface area contributed by atoms with E-state index in [-0.39, 0.29) is 0 Å². The third kappa shape index (κ3) is 5.75. The van der Waals surface area contributed by atoms with Crippen LogP contribution in [0.2, 0.25) is 0 Å². The predicted octanol–water partition coefficient (Wildman–Crippen LogP) is 5.21. The van der Waals surface area contributed by atoms with Crippen molar-refractivity contribution >= 4 is 0 Å². The van der Waals surface area contributed by atoms with Crippen LogP contribution >= 0.6 is 0 Å². The van der Waals surface area contributed by atoms with E-state index in [0.29, 0.717) is 6.10 Å². The lowest BCUT2D eigenvalue weighted by molar-refractivity contribution is -0.410. The third-order valence-corrected chi connectivity index (χ3v) is 3.90. The van der Waals surface area contributed by atoms with E-state index in [4.69, 9.17) is 14.5 Å². The van der Waals surface area contributed by atoms with Crippen molar-refractivity contribution in [3.8, 4) is 0 Å². The van der Waals surface area contributed by atoms with E-state index < -0.39 is 11.2 Å². The van der Waals surface area contributed by atoms with Crippen LogP contribution in [-0.2, 0) is 25.7 Å². The largest absolute Gasteiger partial charge is 0.373 e. The van der Waals surface area contributed by atoms with Crippen LogP contribution in [0.3, 0.4) is 0 Å². The van der Waals surface area contributed by atoms with Crippen LogP contribution in [0.4, 0.5) is 0 Å². The molecule has 1 heterocycles. The Morgan fingerprint density at radius 2 is 1.04 bits per heavy atom. The normalized spacial score (nSPS) is 17.0. The molecule has 1 unspecified atom stereocenters. The summed E-state index contributed by atoms with van der Waals surface area (Å²) in [5.41, 5.74) is 1.19. The lowest BCUT2D eigenvalue weighted by atomic mass is 9.98. The summed E-state index contributed by atoms with van der Waals surface area (Å²) in [6, 6.07) is 20.2. The van der Waals surface area contributed by atoms with Gasteiger partial charge in [-0.1, -0.05) is 60.7 Å². The SMILES string of the molecule is CC(C)(OOC(C)(C)c1ccccc1)c1ccccc1.CC1CO1. The molecule has 1 atom stereocenters. The summed E-state index contributed by atoms with van der Waals surface area (Å²) in [6.07, 6.45) is 0.583. The molecule has 2 aromatic rings. The maximum atomic E-state index is 5.73. The minimum atomic E-state index is -0.493. The van der Waals surface area contributed by atoms with E-state index in [1.165, 1.54) is 0 Å². The fourth-order valence-electron chi connectivity index (χ4n) is 2.08. The first kappa shape index (κ1) is 18.7. The first-order valence-corrected chi connectivity index (χ1v) is 8.41. The maximum Gasteiger partial charge on any atom is 0.123 e. The Hall–Kier alpha value is -1.68. The Bertz CT molecular complexity index is 550. The summed E-state index contributed by atoms with van der Waals surface area (Å²) in [5.74, 6) is 0. The van der Waals surface area contributed by atoms with Crippen LogP contribution < -0.4 is 0 Å². The summed E-state index contributed by atoms with van der Waals surface area (Å²) >= 11 is 0. The molecule has 0 radical (unpaired) electrons. The summed E-state index contributed by atoms with van der Waals surface area (Å²) < 4.78 is 4.71. The Kier molecular flexibility index (Phi) is 6.16. The zero-order valence-corrected chi connectivity index (χ0v) is 15.3. The first-order valence-electron chi connectivity index (χ1n) is 8.41. The van der Waals surface area contributed by atoms with Gasteiger partial charge in [0.05, 0.1) is 12.7 Å². The van der Waals surface area contributed by atoms with Gasteiger partial charge in [0.15, 0.2) is 0 Å². The van der Waals surface area contributed by atoms with Crippen molar-refractivity contribution in [3.05, 3.63) is 71.8 Å². The molecule has 130 valence electrons. The number of epoxide rings is 1. The van der Waals surface area contributed by atoms with Crippen LogP contribution in [0.5, 0.6) is 0 Å². The molecule has 1 saturated heterocycles. The number of hydrogen-bond acceptors (Lipinski definition) is 3. The summed E-state index contributed by atoms with van der Waals surface area (Å²) in [4.78, 5) is 11.5. The molecule has 0 saturated carbocycles. The molecule has 0 amide bonds. The van der Waals surface area contributed by atoms with Gasteiger partial charge in [-0.25, -0.2) is 9.78 Å². The van der Waals surface area contributed by atoms with E-state index in [0.717, 1.165) is 17.7 Å². The molecule has 24 heavy (non-hydrogen) atoms. The number of ether oxygens (including phenoxy) is 1. The Morgan fingerprint density at radius 1 is 0.750 bits per heavy atom. The minimum Gasteiger partial charge on any atom is -0.373 e. The molecule has 0 spiro atoms. The molecular formula is C21H28O3. The van der Waals surface area contributed by atoms with Gasteiger partial charge < -0.3 is 4.74 Å². The zero-order chi connectivity index (χ0) is 17.6. The molecule has 3 heteroatoms. The molecule has 1 aliphatic rings. The average Bonchev–Trinajstić information content (AvgIpc) is 3.38. The standard InChI is InChI=1S/C18H22O2.C3H6O/c1-17(2,15-11-7-5-8-12-15)19-20-18(3,4)16-13-9-6-10-14-16;1-3-2-4-3/h5-14H,1-4H3;3H,2H2,1H3. The van der Waals surface area contributed by atoms with E-state index in [1.807, 2.05) is 88.4 Å². The third-order valence-electron chi connectivity index (χ3n) is 3.90. The van der Waals surface area contributed by atoms with Crippen molar-refractivity contribution in [1.82, 2.24) is 0 Å². The molecular weight excluding hydrogens is 300 g/mol. The van der Waals surface area contributed by atoms with E-state index in [9.17, 15) is 0 Å². The van der Waals surface area contributed by atoms with Gasteiger partial charge >= 0.3 is 0 Å². The van der Waals surface area contributed by atoms with Crippen molar-refractivity contribution in [2.24, 2.45) is 0 Å². The van der Waals surface area contributed by atoms with Crippen LogP contribution in [0.25, 0.3) is 0 Å². The van der Waals surface area contributed by atoms with Gasteiger partial charge in [0.2, 0.25) is 0 Å². The molecule has 3 nitrogen and oxygen atoms in total. The second kappa shape index (κ2) is 7.93. The number of benzene rings is 2. The lowest BCUT2D eigenvalue weighted by Crippen LogP contribution is -2.29. The van der Waals surface area contributed by atoms with Crippen LogP contribution in [0, 0.1) is 0 Å². The second-order valence-electron chi connectivity index (χ2n) is 7.06. The van der Waals surface area contributed by atoms with Crippen molar-refractivity contribution in [1.29, 1.82) is 0 Å². The minimum absolute atomic E-state index is 0.493. The molecule has 2 aromatic carbocycles. The molecule has 0 aromatic heterocycles. The summed E-state index contributed by atoms with van der Waals surface area (Å²) in [6.45, 7) is 11.1. The van der Waals surface area contributed by atoms with E-state index in [1.54, 1.807) is 0 Å². The van der Waals surface area contributed by atoms with E-state index in [2.05, 4.69) is 6.92 Å². The summed E-state index contributed by atoms with van der Waals surface area (Å²) in [7, 11) is 0. The Balaban J connectivity index is 0.000000454. The highest BCUT2D eigenvalue weighted by Crippen LogP contribution is 2.31. The Morgan fingerprint density at radius 3 is 1.29 bits per heavy atom. The van der Waals surface area contributed by atoms with Gasteiger partial charge in [0, 0.05) is 0 Å². The Labute approximate surface area is 145 Å². The molecule has 0 aliphatic carbocycles. The van der Waals surface area contributed by atoms with Crippen molar-refractivity contribution in [2.45, 2.75) is 51.9 Å². The fraction of sp³-hybridized carbons (Fsp3) is 0.429. The van der Waals surface area contributed by atoms with E-state index >= 15 is 0 Å². The smallest absolute Gasteiger partial charge is 0.123 e. The van der Waals surface area contributed by atoms with Crippen molar-refractivity contribution in [3.63, 3.8) is 0 Å². The highest BCUT2D eigenvalue weighted by Gasteiger charge is 2.29. The molecule has 1 aliphatic heterocycles. The van der Waals surface area contributed by atoms with Crippen molar-refractivity contribution < 1.29 is 14.5 Å². The molecule has 3 rings (SSSR count). The van der Waals surface area contributed by atoms with Gasteiger partial charge in [-0.15, -0.1) is 0 Å². The molecule has 0 N–H and O–H groups in total. The van der Waals surface area contributed by atoms with Crippen molar-refractivity contribution in [2.75, 3.05) is 6.61 Å². The van der Waals surface area contributed by atoms with Crippen LogP contribution in [0.1, 0.15) is 45.7 Å². The summed E-state index contributed by atoms with van der Waals surface area (Å²) in [5, 5.41) is 0. The van der Waals surface area contributed by atoms with Gasteiger partial charge in [0.25, 0.3) is 0 Å². The zero-order valence-electron chi connectivity index (χ0n) is 15.3. The molecule has 1 fully saturated rings. The highest BCUT2D eigenvalue weighted by atomic mass is 17.2. The maximum absolute atomic E-state index is 5.73. The van der Waals surface area contributed by atoms with Crippen LogP contribution in [0.15, 0.2) is 60.7 Å². The topological polar surface area (TPSA) is 31.0 Å². The van der Waals surface area contributed by atoms with Gasteiger partial charge in [0.1, 0.15) is 11.2 Å². The highest BCUT2D eigenvalue weighted by molar-refractivity contribution is 5.22. The number of hydrogen-bond donors (Lipinski definition) is 0. The number of rotatable bonds is 5. The predicted molar refractivity (Wildman–Crippen MR) is 96.5 cm³/mol. The van der Waals surface area contributed by atoms with Crippen LogP contribution in [-0.4, -0.2) is 12.7 Å². The van der Waals surface area contributed by atoms with Gasteiger partial charge in [-0.05, 0) is 45.7 Å². The fourth-order valence-corrected chi connectivity index (χ4v) is 2.08. The van der Waals surface area contributed by atoms with Gasteiger partial charge in [-0.2, -0.15) is 0 Å². The first-order chi connectivity index (χ1) is 11.3. The molecule has 0 bridgehead atoms. The average molecular weight is 328 g/mol. The monoisotopic (exact) mass is 328 g/mol. The quantitative estimate of drug-likeness (QED) is 0.429.